The van der Waals surface area contributed by atoms with Gasteiger partial charge in [0.05, 0.1) is 6.26 Å². The molecule has 0 unspecified atom stereocenters. The maximum atomic E-state index is 9.19. The molecule has 0 fully saturated rings. The van der Waals surface area contributed by atoms with Crippen LogP contribution in [-0.2, 0) is 14.9 Å². The lowest BCUT2D eigenvalue weighted by Gasteiger charge is -1.86. The van der Waals surface area contributed by atoms with E-state index in [1.807, 2.05) is 13.8 Å². The molecule has 5 heteroatoms. The SMILES string of the molecule is CCOCC.CS(=O)(=O)O. The Bertz CT molecular complexity index is 128. The third-order valence-electron chi connectivity index (χ3n) is 0.408. The Balaban J connectivity index is 0. The highest BCUT2D eigenvalue weighted by molar-refractivity contribution is 7.85. The predicted octanol–water partition coefficient (Wildman–Crippen LogP) is 0.547. The van der Waals surface area contributed by atoms with Gasteiger partial charge in [-0.05, 0) is 13.8 Å². The molecular formula is C5H14O4S. The molecule has 0 aliphatic rings. The van der Waals surface area contributed by atoms with E-state index in [-0.39, 0.29) is 0 Å². The van der Waals surface area contributed by atoms with Crippen molar-refractivity contribution in [1.29, 1.82) is 0 Å². The van der Waals surface area contributed by atoms with Gasteiger partial charge in [-0.25, -0.2) is 0 Å². The van der Waals surface area contributed by atoms with Crippen molar-refractivity contribution >= 4 is 10.1 Å². The molecule has 0 aliphatic heterocycles. The second-order valence-electron chi connectivity index (χ2n) is 1.51. The number of hydrogen-bond acceptors (Lipinski definition) is 3. The summed E-state index contributed by atoms with van der Waals surface area (Å²) in [5, 5.41) is 0. The highest BCUT2D eigenvalue weighted by Gasteiger charge is 1.81. The quantitative estimate of drug-likeness (QED) is 0.614. The van der Waals surface area contributed by atoms with Crippen molar-refractivity contribution < 1.29 is 17.7 Å². The molecule has 0 rings (SSSR count). The zero-order valence-electron chi connectivity index (χ0n) is 6.49. The molecule has 0 saturated heterocycles. The molecule has 0 aliphatic carbocycles. The van der Waals surface area contributed by atoms with Crippen molar-refractivity contribution in [3.63, 3.8) is 0 Å². The van der Waals surface area contributed by atoms with Crippen molar-refractivity contribution in [1.82, 2.24) is 0 Å². The minimum absolute atomic E-state index is 0.715. The van der Waals surface area contributed by atoms with Crippen molar-refractivity contribution in [2.75, 3.05) is 19.5 Å². The first-order valence-corrected chi connectivity index (χ1v) is 4.76. The van der Waals surface area contributed by atoms with Crippen LogP contribution in [0.15, 0.2) is 0 Å². The van der Waals surface area contributed by atoms with Crippen LogP contribution >= 0.6 is 0 Å². The van der Waals surface area contributed by atoms with Gasteiger partial charge < -0.3 is 4.74 Å². The van der Waals surface area contributed by atoms with Crippen molar-refractivity contribution in [2.24, 2.45) is 0 Å². The molecule has 0 saturated carbocycles. The van der Waals surface area contributed by atoms with Crippen LogP contribution < -0.4 is 0 Å². The molecule has 0 aromatic rings. The van der Waals surface area contributed by atoms with Gasteiger partial charge in [0.1, 0.15) is 0 Å². The molecule has 0 aromatic carbocycles. The summed E-state index contributed by atoms with van der Waals surface area (Å²) in [6, 6.07) is 0. The first kappa shape index (κ1) is 12.5. The van der Waals surface area contributed by atoms with E-state index >= 15 is 0 Å². The van der Waals surface area contributed by atoms with E-state index in [2.05, 4.69) is 0 Å². The molecule has 4 nitrogen and oxygen atoms in total. The molecule has 0 aromatic heterocycles. The molecule has 0 heterocycles. The molecule has 0 atom stereocenters. The third-order valence-corrected chi connectivity index (χ3v) is 0.408. The highest BCUT2D eigenvalue weighted by Crippen LogP contribution is 1.64. The normalized spacial score (nSPS) is 10.0. The number of rotatable bonds is 2. The van der Waals surface area contributed by atoms with Gasteiger partial charge in [0.25, 0.3) is 10.1 Å². The Labute approximate surface area is 61.9 Å². The van der Waals surface area contributed by atoms with Crippen LogP contribution in [0.25, 0.3) is 0 Å². The summed E-state index contributed by atoms with van der Waals surface area (Å²) in [7, 11) is -3.67. The minimum atomic E-state index is -3.67. The van der Waals surface area contributed by atoms with Crippen molar-refractivity contribution in [2.45, 2.75) is 13.8 Å². The molecule has 0 amide bonds. The maximum Gasteiger partial charge on any atom is 0.261 e. The third kappa shape index (κ3) is 106. The molecule has 0 radical (unpaired) electrons. The van der Waals surface area contributed by atoms with E-state index in [1.165, 1.54) is 0 Å². The van der Waals surface area contributed by atoms with E-state index in [4.69, 9.17) is 9.29 Å². The molecule has 1 N–H and O–H groups in total. The molecule has 64 valence electrons. The summed E-state index contributed by atoms with van der Waals surface area (Å²) in [5.41, 5.74) is 0. The lowest BCUT2D eigenvalue weighted by Crippen LogP contribution is -1.88. The fraction of sp³-hybridized carbons (Fsp3) is 1.00. The van der Waals surface area contributed by atoms with E-state index in [0.717, 1.165) is 13.2 Å². The number of hydrogen-bond donors (Lipinski definition) is 1. The number of ether oxygens (including phenoxy) is 1. The first-order valence-electron chi connectivity index (χ1n) is 2.92. The Morgan fingerprint density at radius 1 is 1.30 bits per heavy atom. The summed E-state index contributed by atoms with van der Waals surface area (Å²) < 4.78 is 30.7. The lowest BCUT2D eigenvalue weighted by molar-refractivity contribution is 0.162. The van der Waals surface area contributed by atoms with Crippen LogP contribution in [0.3, 0.4) is 0 Å². The lowest BCUT2D eigenvalue weighted by atomic mass is 10.8. The van der Waals surface area contributed by atoms with Gasteiger partial charge in [-0.3, -0.25) is 4.55 Å². The molecule has 0 bridgehead atoms. The van der Waals surface area contributed by atoms with E-state index in [9.17, 15) is 8.42 Å². The highest BCUT2D eigenvalue weighted by atomic mass is 32.2. The van der Waals surface area contributed by atoms with Crippen molar-refractivity contribution in [3.8, 4) is 0 Å². The van der Waals surface area contributed by atoms with Crippen LogP contribution in [0, 0.1) is 0 Å². The fourth-order valence-electron chi connectivity index (χ4n) is 0.204. The van der Waals surface area contributed by atoms with Gasteiger partial charge in [0.15, 0.2) is 0 Å². The van der Waals surface area contributed by atoms with Crippen LogP contribution in [0.1, 0.15) is 13.8 Å². The van der Waals surface area contributed by atoms with Crippen LogP contribution in [0.5, 0.6) is 0 Å². The van der Waals surface area contributed by atoms with Gasteiger partial charge in [0.2, 0.25) is 0 Å². The summed E-state index contributed by atoms with van der Waals surface area (Å²) in [6.45, 7) is 5.67. The summed E-state index contributed by atoms with van der Waals surface area (Å²) in [4.78, 5) is 0. The van der Waals surface area contributed by atoms with Gasteiger partial charge in [-0.2, -0.15) is 8.42 Å². The largest absolute Gasteiger partial charge is 0.382 e. The van der Waals surface area contributed by atoms with E-state index in [1.54, 1.807) is 0 Å². The van der Waals surface area contributed by atoms with Gasteiger partial charge in [-0.1, -0.05) is 0 Å². The zero-order valence-corrected chi connectivity index (χ0v) is 7.31. The monoisotopic (exact) mass is 170 g/mol. The average molecular weight is 170 g/mol. The average Bonchev–Trinajstić information content (AvgIpc) is 1.63. The Morgan fingerprint density at radius 2 is 1.50 bits per heavy atom. The Kier molecular flexibility index (Phi) is 8.75. The molecule has 0 spiro atoms. The second-order valence-corrected chi connectivity index (χ2v) is 2.98. The van der Waals surface area contributed by atoms with E-state index < -0.39 is 10.1 Å². The summed E-state index contributed by atoms with van der Waals surface area (Å²) >= 11 is 0. The fourth-order valence-corrected chi connectivity index (χ4v) is 0.204. The Hall–Kier alpha value is -0.130. The smallest absolute Gasteiger partial charge is 0.261 e. The van der Waals surface area contributed by atoms with Gasteiger partial charge >= 0.3 is 0 Å². The van der Waals surface area contributed by atoms with Crippen molar-refractivity contribution in [3.05, 3.63) is 0 Å². The first-order chi connectivity index (χ1) is 4.41. The maximum absolute atomic E-state index is 9.19. The minimum Gasteiger partial charge on any atom is -0.382 e. The van der Waals surface area contributed by atoms with Crippen LogP contribution in [0.4, 0.5) is 0 Å². The zero-order chi connectivity index (χ0) is 8.62. The topological polar surface area (TPSA) is 63.6 Å². The summed E-state index contributed by atoms with van der Waals surface area (Å²) in [5.74, 6) is 0. The van der Waals surface area contributed by atoms with Gasteiger partial charge in [-0.15, -0.1) is 0 Å². The predicted molar refractivity (Wildman–Crippen MR) is 39.6 cm³/mol. The molecular weight excluding hydrogens is 156 g/mol. The Morgan fingerprint density at radius 3 is 1.50 bits per heavy atom. The van der Waals surface area contributed by atoms with Crippen LogP contribution in [-0.4, -0.2) is 32.4 Å². The molecule has 10 heavy (non-hydrogen) atoms. The summed E-state index contributed by atoms with van der Waals surface area (Å²) in [6.07, 6.45) is 0.715. The van der Waals surface area contributed by atoms with Crippen LogP contribution in [0.2, 0.25) is 0 Å². The van der Waals surface area contributed by atoms with E-state index in [0.29, 0.717) is 6.26 Å². The second kappa shape index (κ2) is 6.98. The standard InChI is InChI=1S/C4H10O.CH4O3S/c1-3-5-4-2;1-5(2,3)4/h3-4H2,1-2H3;1H3,(H,2,3,4). The van der Waals surface area contributed by atoms with Gasteiger partial charge in [0, 0.05) is 13.2 Å².